The van der Waals surface area contributed by atoms with E-state index in [-0.39, 0.29) is 34.4 Å². The summed E-state index contributed by atoms with van der Waals surface area (Å²) in [6.07, 6.45) is -8.13. The van der Waals surface area contributed by atoms with E-state index in [9.17, 15) is 66.3 Å². The van der Waals surface area contributed by atoms with E-state index < -0.39 is 93.9 Å². The molecule has 4 aromatic carbocycles. The van der Waals surface area contributed by atoms with Crippen LogP contribution in [0.4, 0.5) is 72.8 Å². The first-order chi connectivity index (χ1) is 26.6. The summed E-state index contributed by atoms with van der Waals surface area (Å²) in [5.74, 6) is -11.6. The van der Waals surface area contributed by atoms with E-state index in [1.807, 2.05) is 5.32 Å². The molecule has 7 nitrogen and oxygen atoms in total. The molecule has 6 rings (SSSR count). The zero-order valence-corrected chi connectivity index (χ0v) is 28.6. The molecule has 0 saturated heterocycles. The van der Waals surface area contributed by atoms with Gasteiger partial charge in [-0.1, -0.05) is 0 Å². The average molecular weight is 821 g/mol. The molecule has 57 heavy (non-hydrogen) atoms. The number of amides is 1. The lowest BCUT2D eigenvalue weighted by atomic mass is 10.1. The highest BCUT2D eigenvalue weighted by molar-refractivity contribution is 6.04. The summed E-state index contributed by atoms with van der Waals surface area (Å²) in [7, 11) is 0. The quantitative estimate of drug-likeness (QED) is 0.124. The number of halogens is 14. The van der Waals surface area contributed by atoms with Gasteiger partial charge >= 0.3 is 12.4 Å². The fraction of sp³-hybridized carbons (Fsp3) is 0.139. The van der Waals surface area contributed by atoms with Crippen molar-refractivity contribution in [2.75, 3.05) is 10.6 Å². The molecule has 21 heteroatoms. The van der Waals surface area contributed by atoms with Crippen molar-refractivity contribution in [2.24, 2.45) is 0 Å². The van der Waals surface area contributed by atoms with Gasteiger partial charge in [0, 0.05) is 35.9 Å². The first-order valence-corrected chi connectivity index (χ1v) is 15.7. The van der Waals surface area contributed by atoms with Crippen LogP contribution >= 0.6 is 0 Å². The number of hydrogen-bond donors (Lipinski definition) is 2. The number of nitrogens with one attached hydrogen (secondary N) is 2. The number of rotatable bonds is 7. The first-order valence-electron chi connectivity index (χ1n) is 15.7. The highest BCUT2D eigenvalue weighted by atomic mass is 19.4. The van der Waals surface area contributed by atoms with Gasteiger partial charge in [0.25, 0.3) is 5.91 Å². The van der Waals surface area contributed by atoms with Crippen molar-refractivity contribution in [3.63, 3.8) is 0 Å². The molecule has 0 atom stereocenters. The molecule has 1 amide bonds. The van der Waals surface area contributed by atoms with Gasteiger partial charge in [-0.25, -0.2) is 45.1 Å². The standard InChI is InChI=1S/C18H10F7N3O.C18H12F7N3/c1-8-26-14(18(23,24)25)7-28(8)13-5-2-9(6-12(13)21)27-17(29)15-10(19)3-4-11(20)16(15)22;1-9-27-16(18(23,24)25)8-28(9)15-5-2-10(6-14(15)21)26-7-11-12(19)3-4-13(20)17(11)22/h2-7H,1H3,(H,27,29);2-6,8,26H,7H2,1H3. The van der Waals surface area contributed by atoms with E-state index in [0.717, 1.165) is 39.5 Å². The fourth-order valence-electron chi connectivity index (χ4n) is 5.15. The largest absolute Gasteiger partial charge is 0.434 e. The van der Waals surface area contributed by atoms with Crippen LogP contribution in [0.5, 0.6) is 0 Å². The third-order valence-electron chi connectivity index (χ3n) is 7.90. The molecule has 2 heterocycles. The minimum absolute atomic E-state index is 0.0733. The Labute approximate surface area is 311 Å². The minimum atomic E-state index is -4.72. The topological polar surface area (TPSA) is 76.8 Å². The van der Waals surface area contributed by atoms with Crippen molar-refractivity contribution < 1.29 is 66.3 Å². The van der Waals surface area contributed by atoms with Crippen molar-refractivity contribution in [1.82, 2.24) is 19.1 Å². The monoisotopic (exact) mass is 820 g/mol. The van der Waals surface area contributed by atoms with Crippen LogP contribution in [-0.4, -0.2) is 25.0 Å². The van der Waals surface area contributed by atoms with Gasteiger partial charge < -0.3 is 19.8 Å². The van der Waals surface area contributed by atoms with Crippen molar-refractivity contribution in [1.29, 1.82) is 0 Å². The normalized spacial score (nSPS) is 11.6. The maximum atomic E-state index is 14.4. The van der Waals surface area contributed by atoms with Gasteiger partial charge in [0.2, 0.25) is 0 Å². The fourth-order valence-corrected chi connectivity index (χ4v) is 5.15. The molecule has 0 unspecified atom stereocenters. The highest BCUT2D eigenvalue weighted by Crippen LogP contribution is 2.32. The summed E-state index contributed by atoms with van der Waals surface area (Å²) >= 11 is 0. The molecule has 0 radical (unpaired) electrons. The molecule has 0 fully saturated rings. The van der Waals surface area contributed by atoms with Crippen molar-refractivity contribution in [3.05, 3.63) is 154 Å². The Morgan fingerprint density at radius 3 is 1.49 bits per heavy atom. The predicted molar refractivity (Wildman–Crippen MR) is 174 cm³/mol. The Kier molecular flexibility index (Phi) is 11.7. The zero-order valence-electron chi connectivity index (χ0n) is 28.6. The summed E-state index contributed by atoms with van der Waals surface area (Å²) in [6, 6.07) is 8.76. The Bertz CT molecular complexity index is 2470. The minimum Gasteiger partial charge on any atom is -0.381 e. The van der Waals surface area contributed by atoms with Gasteiger partial charge in [0.1, 0.15) is 40.5 Å². The molecule has 300 valence electrons. The second kappa shape index (κ2) is 16.0. The maximum absolute atomic E-state index is 14.4. The van der Waals surface area contributed by atoms with E-state index in [0.29, 0.717) is 30.6 Å². The van der Waals surface area contributed by atoms with Gasteiger partial charge in [-0.3, -0.25) is 4.79 Å². The lowest BCUT2D eigenvalue weighted by molar-refractivity contribution is -0.141. The van der Waals surface area contributed by atoms with Crippen LogP contribution in [0.25, 0.3) is 11.4 Å². The van der Waals surface area contributed by atoms with Gasteiger partial charge in [-0.05, 0) is 74.5 Å². The lowest BCUT2D eigenvalue weighted by Crippen LogP contribution is -2.17. The Balaban J connectivity index is 0.000000218. The molecule has 2 N–H and O–H groups in total. The Morgan fingerprint density at radius 1 is 0.579 bits per heavy atom. The molecule has 0 aliphatic heterocycles. The second-order valence-electron chi connectivity index (χ2n) is 11.8. The number of anilines is 2. The third-order valence-corrected chi connectivity index (χ3v) is 7.90. The van der Waals surface area contributed by atoms with E-state index in [1.54, 1.807) is 0 Å². The van der Waals surface area contributed by atoms with Crippen molar-refractivity contribution in [2.45, 2.75) is 32.7 Å². The summed E-state index contributed by atoms with van der Waals surface area (Å²) in [4.78, 5) is 18.7. The average Bonchev–Trinajstić information content (AvgIpc) is 3.71. The molecule has 0 aliphatic rings. The number of carbonyl (C=O) groups is 1. The lowest BCUT2D eigenvalue weighted by Gasteiger charge is -2.11. The molecule has 0 spiro atoms. The van der Waals surface area contributed by atoms with E-state index in [1.165, 1.54) is 26.0 Å². The summed E-state index contributed by atoms with van der Waals surface area (Å²) in [6.45, 7) is 2.06. The molecular formula is C36H22F14N6O. The van der Waals surface area contributed by atoms with Crippen molar-refractivity contribution in [3.8, 4) is 11.4 Å². The number of carbonyl (C=O) groups excluding carboxylic acids is 1. The van der Waals surface area contributed by atoms with E-state index in [2.05, 4.69) is 15.3 Å². The number of alkyl halides is 6. The smallest absolute Gasteiger partial charge is 0.381 e. The van der Waals surface area contributed by atoms with Crippen LogP contribution in [0.3, 0.4) is 0 Å². The molecule has 0 saturated carbocycles. The molecule has 0 bridgehead atoms. The molecule has 2 aromatic heterocycles. The van der Waals surface area contributed by atoms with Gasteiger partial charge in [-0.15, -0.1) is 0 Å². The number of aromatic nitrogens is 4. The SMILES string of the molecule is Cc1nc(C(F)(F)F)cn1-c1ccc(NC(=O)c2c(F)ccc(F)c2F)cc1F.Cc1nc(C(F)(F)F)cn1-c1ccc(NCc2c(F)ccc(F)c2F)cc1F. The number of aryl methyl sites for hydroxylation is 2. The van der Waals surface area contributed by atoms with Crippen LogP contribution < -0.4 is 10.6 Å². The summed E-state index contributed by atoms with van der Waals surface area (Å²) in [5, 5.41) is 4.54. The van der Waals surface area contributed by atoms with Gasteiger partial charge in [0.05, 0.1) is 11.4 Å². The van der Waals surface area contributed by atoms with Gasteiger partial charge in [0.15, 0.2) is 34.7 Å². The van der Waals surface area contributed by atoms with Crippen LogP contribution in [0.1, 0.15) is 39.0 Å². The van der Waals surface area contributed by atoms with Crippen LogP contribution in [-0.2, 0) is 18.9 Å². The van der Waals surface area contributed by atoms with Crippen molar-refractivity contribution >= 4 is 17.3 Å². The highest BCUT2D eigenvalue weighted by Gasteiger charge is 2.35. The zero-order chi connectivity index (χ0) is 42.1. The maximum Gasteiger partial charge on any atom is 0.434 e. The van der Waals surface area contributed by atoms with E-state index in [4.69, 9.17) is 0 Å². The Morgan fingerprint density at radius 2 is 1.02 bits per heavy atom. The number of hydrogen-bond acceptors (Lipinski definition) is 4. The first kappa shape index (κ1) is 41.7. The molecule has 6 aromatic rings. The summed E-state index contributed by atoms with van der Waals surface area (Å²) < 4.78 is 188. The summed E-state index contributed by atoms with van der Waals surface area (Å²) in [5.41, 5.74) is -4.79. The number of benzene rings is 4. The van der Waals surface area contributed by atoms with Gasteiger partial charge in [-0.2, -0.15) is 26.3 Å². The van der Waals surface area contributed by atoms with Crippen LogP contribution in [0.15, 0.2) is 73.1 Å². The third kappa shape index (κ3) is 9.18. The second-order valence-corrected chi connectivity index (χ2v) is 11.8. The number of imidazole rings is 2. The Hall–Kier alpha value is -6.41. The predicted octanol–water partition coefficient (Wildman–Crippen LogP) is 10.4. The van der Waals surface area contributed by atoms with E-state index >= 15 is 0 Å². The molecular weight excluding hydrogens is 798 g/mol. The molecule has 0 aliphatic carbocycles. The number of nitrogens with zero attached hydrogens (tertiary/aromatic N) is 4. The van der Waals surface area contributed by atoms with Crippen LogP contribution in [0.2, 0.25) is 0 Å². The van der Waals surface area contributed by atoms with Crippen LogP contribution in [0, 0.1) is 60.4 Å².